The third kappa shape index (κ3) is 3.82. The SMILES string of the molecule is C[C@@H](C(=O)NC1(c2ccc(Cl)cc2)CCCCC1)S(C)(=O)=O. The van der Waals surface area contributed by atoms with Crippen LogP contribution in [0.2, 0.25) is 5.02 Å². The van der Waals surface area contributed by atoms with E-state index in [2.05, 4.69) is 5.32 Å². The zero-order valence-electron chi connectivity index (χ0n) is 12.9. The number of carbonyl (C=O) groups is 1. The number of benzene rings is 1. The predicted octanol–water partition coefficient (Wildman–Crippen LogP) is 3.05. The summed E-state index contributed by atoms with van der Waals surface area (Å²) in [5, 5.41) is 2.61. The monoisotopic (exact) mass is 343 g/mol. The zero-order valence-corrected chi connectivity index (χ0v) is 14.5. The Labute approximate surface area is 137 Å². The van der Waals surface area contributed by atoms with Gasteiger partial charge >= 0.3 is 0 Å². The van der Waals surface area contributed by atoms with Gasteiger partial charge in [-0.1, -0.05) is 43.0 Å². The topological polar surface area (TPSA) is 63.2 Å². The van der Waals surface area contributed by atoms with Crippen molar-refractivity contribution in [2.24, 2.45) is 0 Å². The summed E-state index contributed by atoms with van der Waals surface area (Å²) >= 11 is 5.95. The van der Waals surface area contributed by atoms with E-state index in [1.807, 2.05) is 12.1 Å². The molecule has 0 radical (unpaired) electrons. The smallest absolute Gasteiger partial charge is 0.238 e. The molecule has 1 aliphatic carbocycles. The van der Waals surface area contributed by atoms with Crippen molar-refractivity contribution in [3.8, 4) is 0 Å². The summed E-state index contributed by atoms with van der Waals surface area (Å²) in [4.78, 5) is 12.4. The fraction of sp³-hybridized carbons (Fsp3) is 0.562. The van der Waals surface area contributed by atoms with Crippen LogP contribution in [0.25, 0.3) is 0 Å². The lowest BCUT2D eigenvalue weighted by Crippen LogP contribution is -2.51. The molecule has 1 N–H and O–H groups in total. The van der Waals surface area contributed by atoms with Crippen molar-refractivity contribution in [2.45, 2.75) is 49.8 Å². The second kappa shape index (κ2) is 6.59. The molecule has 0 spiro atoms. The number of hydrogen-bond acceptors (Lipinski definition) is 3. The van der Waals surface area contributed by atoms with Gasteiger partial charge in [0.2, 0.25) is 5.91 Å². The van der Waals surface area contributed by atoms with Gasteiger partial charge in [0.1, 0.15) is 5.25 Å². The molecular formula is C16H22ClNO3S. The van der Waals surface area contributed by atoms with E-state index >= 15 is 0 Å². The molecule has 22 heavy (non-hydrogen) atoms. The second-order valence-corrected chi connectivity index (χ2v) is 8.91. The van der Waals surface area contributed by atoms with E-state index in [9.17, 15) is 13.2 Å². The number of amides is 1. The summed E-state index contributed by atoms with van der Waals surface area (Å²) in [7, 11) is -3.40. The van der Waals surface area contributed by atoms with E-state index in [-0.39, 0.29) is 0 Å². The lowest BCUT2D eigenvalue weighted by atomic mass is 9.76. The summed E-state index contributed by atoms with van der Waals surface area (Å²) in [6.07, 6.45) is 5.87. The van der Waals surface area contributed by atoms with Crippen molar-refractivity contribution in [1.29, 1.82) is 0 Å². The highest BCUT2D eigenvalue weighted by atomic mass is 35.5. The maximum Gasteiger partial charge on any atom is 0.238 e. The fourth-order valence-corrected chi connectivity index (χ4v) is 3.52. The van der Waals surface area contributed by atoms with Crippen molar-refractivity contribution in [3.63, 3.8) is 0 Å². The maximum atomic E-state index is 12.4. The Balaban J connectivity index is 2.30. The molecule has 122 valence electrons. The minimum atomic E-state index is -3.40. The van der Waals surface area contributed by atoms with Gasteiger partial charge in [-0.2, -0.15) is 0 Å². The van der Waals surface area contributed by atoms with E-state index in [1.54, 1.807) is 12.1 Å². The summed E-state index contributed by atoms with van der Waals surface area (Å²) in [5.74, 6) is -0.431. The van der Waals surface area contributed by atoms with Gasteiger partial charge in [0, 0.05) is 11.3 Å². The fourth-order valence-electron chi connectivity index (χ4n) is 2.94. The third-order valence-electron chi connectivity index (χ3n) is 4.48. The summed E-state index contributed by atoms with van der Waals surface area (Å²) < 4.78 is 23.2. The molecule has 2 rings (SSSR count). The zero-order chi connectivity index (χ0) is 16.4. The van der Waals surface area contributed by atoms with E-state index in [1.165, 1.54) is 6.92 Å². The van der Waals surface area contributed by atoms with Gasteiger partial charge in [0.25, 0.3) is 0 Å². The normalized spacial score (nSPS) is 19.4. The molecule has 0 bridgehead atoms. The number of sulfone groups is 1. The van der Waals surface area contributed by atoms with Crippen LogP contribution in [0.5, 0.6) is 0 Å². The highest BCUT2D eigenvalue weighted by molar-refractivity contribution is 7.92. The molecule has 1 aromatic rings. The lowest BCUT2D eigenvalue weighted by molar-refractivity contribution is -0.123. The van der Waals surface area contributed by atoms with Gasteiger partial charge in [-0.15, -0.1) is 0 Å². The summed E-state index contributed by atoms with van der Waals surface area (Å²) in [6, 6.07) is 7.44. The van der Waals surface area contributed by atoms with E-state index in [4.69, 9.17) is 11.6 Å². The van der Waals surface area contributed by atoms with Crippen molar-refractivity contribution >= 4 is 27.3 Å². The average Bonchev–Trinajstić information content (AvgIpc) is 2.47. The number of halogens is 1. The second-order valence-electron chi connectivity index (χ2n) is 6.11. The Bertz CT molecular complexity index is 634. The van der Waals surface area contributed by atoms with Gasteiger partial charge in [0.15, 0.2) is 9.84 Å². The van der Waals surface area contributed by atoms with E-state index < -0.39 is 26.5 Å². The van der Waals surface area contributed by atoms with Crippen molar-refractivity contribution < 1.29 is 13.2 Å². The van der Waals surface area contributed by atoms with Crippen LogP contribution in [-0.4, -0.2) is 25.8 Å². The van der Waals surface area contributed by atoms with Crippen molar-refractivity contribution in [3.05, 3.63) is 34.9 Å². The molecule has 0 saturated heterocycles. The van der Waals surface area contributed by atoms with Gasteiger partial charge in [-0.05, 0) is 37.5 Å². The highest BCUT2D eigenvalue weighted by Crippen LogP contribution is 2.37. The first-order chi connectivity index (χ1) is 10.2. The molecule has 1 fully saturated rings. The van der Waals surface area contributed by atoms with E-state index in [0.717, 1.165) is 43.9 Å². The molecule has 1 atom stereocenters. The minimum absolute atomic E-state index is 0.431. The van der Waals surface area contributed by atoms with Crippen molar-refractivity contribution in [2.75, 3.05) is 6.26 Å². The van der Waals surface area contributed by atoms with Crippen LogP contribution in [0.3, 0.4) is 0 Å². The molecule has 0 heterocycles. The molecule has 1 saturated carbocycles. The Kier molecular flexibility index (Phi) is 5.17. The van der Waals surface area contributed by atoms with Crippen LogP contribution in [0, 0.1) is 0 Å². The summed E-state index contributed by atoms with van der Waals surface area (Å²) in [6.45, 7) is 1.43. The molecule has 0 aliphatic heterocycles. The molecule has 4 nitrogen and oxygen atoms in total. The largest absolute Gasteiger partial charge is 0.345 e. The van der Waals surface area contributed by atoms with Gasteiger partial charge in [-0.3, -0.25) is 4.79 Å². The molecule has 6 heteroatoms. The van der Waals surface area contributed by atoms with Crippen molar-refractivity contribution in [1.82, 2.24) is 5.32 Å². The molecule has 1 aliphatic rings. The van der Waals surface area contributed by atoms with Crippen LogP contribution in [-0.2, 0) is 20.2 Å². The standard InChI is InChI=1S/C16H22ClNO3S/c1-12(22(2,20)21)15(19)18-16(10-4-3-5-11-16)13-6-8-14(17)9-7-13/h6-9,12H,3-5,10-11H2,1-2H3,(H,18,19)/t12-/m0/s1. The van der Waals surface area contributed by atoms with Gasteiger partial charge < -0.3 is 5.32 Å². The third-order valence-corrected chi connectivity index (χ3v) is 6.23. The number of hydrogen-bond donors (Lipinski definition) is 1. The van der Waals surface area contributed by atoms with Gasteiger partial charge in [0.05, 0.1) is 5.54 Å². The minimum Gasteiger partial charge on any atom is -0.345 e. The van der Waals surface area contributed by atoms with Gasteiger partial charge in [-0.25, -0.2) is 8.42 Å². The van der Waals surface area contributed by atoms with Crippen LogP contribution in [0.1, 0.15) is 44.6 Å². The maximum absolute atomic E-state index is 12.4. The first kappa shape index (κ1) is 17.3. The van der Waals surface area contributed by atoms with Crippen LogP contribution < -0.4 is 5.32 Å². The Morgan fingerprint density at radius 1 is 1.18 bits per heavy atom. The first-order valence-corrected chi connectivity index (χ1v) is 9.85. The quantitative estimate of drug-likeness (QED) is 0.913. The molecule has 0 unspecified atom stereocenters. The van der Waals surface area contributed by atoms with Crippen LogP contribution in [0.4, 0.5) is 0 Å². The molecule has 0 aromatic heterocycles. The average molecular weight is 344 g/mol. The molecule has 1 aromatic carbocycles. The van der Waals surface area contributed by atoms with Crippen LogP contribution in [0.15, 0.2) is 24.3 Å². The van der Waals surface area contributed by atoms with Crippen LogP contribution >= 0.6 is 11.6 Å². The Morgan fingerprint density at radius 3 is 2.23 bits per heavy atom. The Hall–Kier alpha value is -1.07. The number of nitrogens with one attached hydrogen (secondary N) is 1. The molecular weight excluding hydrogens is 322 g/mol. The van der Waals surface area contributed by atoms with E-state index in [0.29, 0.717) is 5.02 Å². The number of carbonyl (C=O) groups excluding carboxylic acids is 1. The first-order valence-electron chi connectivity index (χ1n) is 7.51. The predicted molar refractivity (Wildman–Crippen MR) is 88.7 cm³/mol. The molecule has 1 amide bonds. The lowest BCUT2D eigenvalue weighted by Gasteiger charge is -2.39. The number of rotatable bonds is 4. The Morgan fingerprint density at radius 2 is 1.73 bits per heavy atom. The summed E-state index contributed by atoms with van der Waals surface area (Å²) in [5.41, 5.74) is 0.504. The highest BCUT2D eigenvalue weighted by Gasteiger charge is 2.37.